The predicted octanol–water partition coefficient (Wildman–Crippen LogP) is 4.62. The lowest BCUT2D eigenvalue weighted by molar-refractivity contribution is -0.123. The third-order valence-electron chi connectivity index (χ3n) is 5.25. The first-order valence-corrected chi connectivity index (χ1v) is 11.6. The number of amides is 1. The zero-order valence-electron chi connectivity index (χ0n) is 17.6. The first-order chi connectivity index (χ1) is 14.7. The Bertz CT molecular complexity index is 808. The van der Waals surface area contributed by atoms with E-state index in [1.165, 1.54) is 31.2 Å². The van der Waals surface area contributed by atoms with E-state index in [9.17, 15) is 4.79 Å². The molecule has 1 fully saturated rings. The van der Waals surface area contributed by atoms with Crippen LogP contribution in [0.25, 0.3) is 0 Å². The van der Waals surface area contributed by atoms with Crippen molar-refractivity contribution in [2.75, 3.05) is 19.8 Å². The van der Waals surface area contributed by atoms with E-state index in [0.717, 1.165) is 23.0 Å². The van der Waals surface area contributed by atoms with Gasteiger partial charge in [-0.15, -0.1) is 0 Å². The molecule has 2 aromatic carbocycles. The van der Waals surface area contributed by atoms with Crippen molar-refractivity contribution in [3.63, 3.8) is 0 Å². The van der Waals surface area contributed by atoms with Gasteiger partial charge in [0.1, 0.15) is 0 Å². The fraction of sp³-hybridized carbons (Fsp3) is 0.458. The normalized spacial score (nSPS) is 13.9. The van der Waals surface area contributed by atoms with Crippen molar-refractivity contribution in [3.05, 3.63) is 58.1 Å². The third kappa shape index (κ3) is 7.03. The van der Waals surface area contributed by atoms with Crippen LogP contribution in [0.4, 0.5) is 0 Å². The molecule has 0 unspecified atom stereocenters. The van der Waals surface area contributed by atoms with E-state index in [0.29, 0.717) is 30.7 Å². The summed E-state index contributed by atoms with van der Waals surface area (Å²) in [6.45, 7) is 3.80. The smallest absolute Gasteiger partial charge is 0.257 e. The van der Waals surface area contributed by atoms with E-state index in [2.05, 4.69) is 38.7 Å². The summed E-state index contributed by atoms with van der Waals surface area (Å²) in [5.41, 5.74) is 2.33. The Morgan fingerprint density at radius 3 is 2.60 bits per heavy atom. The van der Waals surface area contributed by atoms with Crippen LogP contribution in [0, 0.1) is 0 Å². The molecule has 162 valence electrons. The van der Waals surface area contributed by atoms with Crippen LogP contribution in [0.15, 0.2) is 46.9 Å². The highest BCUT2D eigenvalue weighted by Crippen LogP contribution is 2.37. The van der Waals surface area contributed by atoms with Gasteiger partial charge >= 0.3 is 0 Å². The van der Waals surface area contributed by atoms with Crippen molar-refractivity contribution in [2.24, 2.45) is 0 Å². The lowest BCUT2D eigenvalue weighted by Crippen LogP contribution is -2.30. The van der Waals surface area contributed by atoms with Crippen molar-refractivity contribution in [1.82, 2.24) is 10.6 Å². The number of carbonyl (C=O) groups excluding carboxylic acids is 1. The van der Waals surface area contributed by atoms with Crippen LogP contribution in [0.5, 0.6) is 11.5 Å². The summed E-state index contributed by atoms with van der Waals surface area (Å²) in [6, 6.07) is 14.7. The maximum Gasteiger partial charge on any atom is 0.257 e. The quantitative estimate of drug-likeness (QED) is 0.498. The van der Waals surface area contributed by atoms with Crippen molar-refractivity contribution < 1.29 is 14.3 Å². The van der Waals surface area contributed by atoms with E-state index in [1.807, 2.05) is 37.3 Å². The molecule has 0 aliphatic heterocycles. The highest BCUT2D eigenvalue weighted by Gasteiger charge is 2.17. The summed E-state index contributed by atoms with van der Waals surface area (Å²) in [6.07, 6.45) is 5.92. The number of hydrogen-bond acceptors (Lipinski definition) is 4. The Hall–Kier alpha value is -2.05. The fourth-order valence-corrected chi connectivity index (χ4v) is 4.30. The average molecular weight is 475 g/mol. The molecule has 0 bridgehead atoms. The van der Waals surface area contributed by atoms with E-state index >= 15 is 0 Å². The number of hydrogen-bond donors (Lipinski definition) is 2. The van der Waals surface area contributed by atoms with Gasteiger partial charge in [0.05, 0.1) is 11.1 Å². The van der Waals surface area contributed by atoms with Crippen molar-refractivity contribution in [1.29, 1.82) is 0 Å². The maximum atomic E-state index is 12.2. The lowest BCUT2D eigenvalue weighted by Gasteiger charge is -2.17. The molecule has 0 radical (unpaired) electrons. The minimum absolute atomic E-state index is 0.0485. The van der Waals surface area contributed by atoms with Crippen LogP contribution < -0.4 is 20.1 Å². The van der Waals surface area contributed by atoms with E-state index in [1.54, 1.807) is 0 Å². The van der Waals surface area contributed by atoms with Crippen LogP contribution >= 0.6 is 15.9 Å². The Morgan fingerprint density at radius 1 is 1.10 bits per heavy atom. The molecule has 1 saturated carbocycles. The zero-order valence-corrected chi connectivity index (χ0v) is 19.2. The summed E-state index contributed by atoms with van der Waals surface area (Å²) in [5, 5.41) is 6.52. The molecule has 1 amide bonds. The van der Waals surface area contributed by atoms with Crippen molar-refractivity contribution >= 4 is 21.8 Å². The molecule has 2 N–H and O–H groups in total. The molecule has 30 heavy (non-hydrogen) atoms. The molecule has 0 heterocycles. The fourth-order valence-electron chi connectivity index (χ4n) is 3.70. The summed E-state index contributed by atoms with van der Waals surface area (Å²) < 4.78 is 12.4. The van der Waals surface area contributed by atoms with Gasteiger partial charge in [0.15, 0.2) is 18.1 Å². The SMILES string of the molecule is CCOc1cc(CNC2CCCC2)cc(Br)c1OCC(=O)NCCc1ccccc1. The van der Waals surface area contributed by atoms with E-state index in [4.69, 9.17) is 9.47 Å². The summed E-state index contributed by atoms with van der Waals surface area (Å²) in [5.74, 6) is 1.08. The molecule has 1 aliphatic rings. The second kappa shape index (κ2) is 12.0. The number of carbonyl (C=O) groups is 1. The number of halogens is 1. The van der Waals surface area contributed by atoms with Crippen LogP contribution in [-0.2, 0) is 17.8 Å². The first kappa shape index (κ1) is 22.6. The maximum absolute atomic E-state index is 12.2. The Balaban J connectivity index is 1.52. The molecule has 0 saturated heterocycles. The second-order valence-corrected chi connectivity index (χ2v) is 8.43. The van der Waals surface area contributed by atoms with Crippen molar-refractivity contribution in [3.8, 4) is 11.5 Å². The monoisotopic (exact) mass is 474 g/mol. The molecular formula is C24H31BrN2O3. The topological polar surface area (TPSA) is 59.6 Å². The summed E-state index contributed by atoms with van der Waals surface area (Å²) in [7, 11) is 0. The summed E-state index contributed by atoms with van der Waals surface area (Å²) in [4.78, 5) is 12.2. The molecular weight excluding hydrogens is 444 g/mol. The largest absolute Gasteiger partial charge is 0.490 e. The van der Waals surface area contributed by atoms with Gasteiger partial charge in [-0.05, 0) is 65.4 Å². The van der Waals surface area contributed by atoms with Crippen molar-refractivity contribution in [2.45, 2.75) is 51.6 Å². The van der Waals surface area contributed by atoms with Crippen LogP contribution in [0.2, 0.25) is 0 Å². The third-order valence-corrected chi connectivity index (χ3v) is 5.83. The zero-order chi connectivity index (χ0) is 21.2. The number of nitrogens with one attached hydrogen (secondary N) is 2. The van der Waals surface area contributed by atoms with Gasteiger partial charge < -0.3 is 20.1 Å². The molecule has 1 aliphatic carbocycles. The molecule has 0 aromatic heterocycles. The van der Waals surface area contributed by atoms with Crippen LogP contribution in [0.3, 0.4) is 0 Å². The molecule has 5 nitrogen and oxygen atoms in total. The van der Waals surface area contributed by atoms with Gasteiger partial charge in [-0.3, -0.25) is 4.79 Å². The standard InChI is InChI=1S/C24H31BrN2O3/c1-2-29-22-15-19(16-27-20-10-6-7-11-20)14-21(25)24(22)30-17-23(28)26-13-12-18-8-4-3-5-9-18/h3-5,8-9,14-15,20,27H,2,6-7,10-13,16-17H2,1H3,(H,26,28). The van der Waals surface area contributed by atoms with Gasteiger partial charge in [-0.1, -0.05) is 43.2 Å². The van der Waals surface area contributed by atoms with Gasteiger partial charge in [0, 0.05) is 19.1 Å². The predicted molar refractivity (Wildman–Crippen MR) is 123 cm³/mol. The van der Waals surface area contributed by atoms with E-state index in [-0.39, 0.29) is 12.5 Å². The number of benzene rings is 2. The minimum Gasteiger partial charge on any atom is -0.490 e. The average Bonchev–Trinajstić information content (AvgIpc) is 3.26. The molecule has 0 spiro atoms. The lowest BCUT2D eigenvalue weighted by atomic mass is 10.1. The van der Waals surface area contributed by atoms with Gasteiger partial charge in [-0.2, -0.15) is 0 Å². The van der Waals surface area contributed by atoms with Crippen LogP contribution in [-0.4, -0.2) is 31.7 Å². The second-order valence-electron chi connectivity index (χ2n) is 7.57. The number of rotatable bonds is 11. The molecule has 2 aromatic rings. The molecule has 6 heteroatoms. The van der Waals surface area contributed by atoms with Gasteiger partial charge in [0.2, 0.25) is 0 Å². The highest BCUT2D eigenvalue weighted by molar-refractivity contribution is 9.10. The molecule has 3 rings (SSSR count). The Labute approximate surface area is 187 Å². The Kier molecular flexibility index (Phi) is 9.02. The van der Waals surface area contributed by atoms with E-state index < -0.39 is 0 Å². The summed E-state index contributed by atoms with van der Waals surface area (Å²) >= 11 is 3.59. The number of ether oxygens (including phenoxy) is 2. The minimum atomic E-state index is -0.146. The van der Waals surface area contributed by atoms with Crippen LogP contribution in [0.1, 0.15) is 43.7 Å². The molecule has 0 atom stereocenters. The van der Waals surface area contributed by atoms with Gasteiger partial charge in [0.25, 0.3) is 5.91 Å². The highest BCUT2D eigenvalue weighted by atomic mass is 79.9. The first-order valence-electron chi connectivity index (χ1n) is 10.8. The van der Waals surface area contributed by atoms with Gasteiger partial charge in [-0.25, -0.2) is 0 Å². The Morgan fingerprint density at radius 2 is 1.87 bits per heavy atom.